The molecule has 0 saturated carbocycles. The number of hydrogen-bond acceptors (Lipinski definition) is 1. The minimum Gasteiger partial charge on any atom is -0.263 e. The van der Waals surface area contributed by atoms with Gasteiger partial charge in [-0.05, 0) is 40.4 Å². The lowest BCUT2D eigenvalue weighted by molar-refractivity contribution is 0.802. The summed E-state index contributed by atoms with van der Waals surface area (Å²) in [5.74, 6) is 0. The summed E-state index contributed by atoms with van der Waals surface area (Å²) in [5, 5.41) is 0.223. The van der Waals surface area contributed by atoms with Crippen LogP contribution in [0.15, 0.2) is 22.9 Å². The van der Waals surface area contributed by atoms with Gasteiger partial charge in [0.1, 0.15) is 0 Å². The van der Waals surface area contributed by atoms with E-state index in [0.29, 0.717) is 0 Å². The van der Waals surface area contributed by atoms with Crippen LogP contribution in [0.3, 0.4) is 0 Å². The number of nitrogens with zero attached hydrogens (tertiary/aromatic N) is 1. The Kier molecular flexibility index (Phi) is 4.02. The summed E-state index contributed by atoms with van der Waals surface area (Å²) >= 11 is 9.38. The van der Waals surface area contributed by atoms with Gasteiger partial charge >= 0.3 is 0 Å². The van der Waals surface area contributed by atoms with Crippen LogP contribution in [-0.2, 0) is 6.42 Å². The van der Waals surface area contributed by atoms with Crippen molar-refractivity contribution in [2.45, 2.75) is 25.1 Å². The standard InChI is InChI=1S/C9H11BrClN/c1-2-9(11)4-7-3-8(10)6-12-5-7/h3,5-6,9H,2,4H2,1H3. The van der Waals surface area contributed by atoms with Crippen LogP contribution >= 0.6 is 27.5 Å². The molecule has 0 N–H and O–H groups in total. The molecule has 66 valence electrons. The van der Waals surface area contributed by atoms with Crippen molar-refractivity contribution in [1.82, 2.24) is 4.98 Å². The molecular weight excluding hydrogens is 237 g/mol. The normalized spacial score (nSPS) is 12.9. The van der Waals surface area contributed by atoms with E-state index in [9.17, 15) is 0 Å². The molecule has 0 spiro atoms. The summed E-state index contributed by atoms with van der Waals surface area (Å²) in [6, 6.07) is 2.05. The van der Waals surface area contributed by atoms with Crippen LogP contribution in [0.25, 0.3) is 0 Å². The summed E-state index contributed by atoms with van der Waals surface area (Å²) in [6.45, 7) is 2.09. The third-order valence-electron chi connectivity index (χ3n) is 1.66. The van der Waals surface area contributed by atoms with Crippen LogP contribution < -0.4 is 0 Å². The third kappa shape index (κ3) is 3.11. The van der Waals surface area contributed by atoms with Gasteiger partial charge in [0, 0.05) is 22.2 Å². The van der Waals surface area contributed by atoms with Crippen molar-refractivity contribution in [3.8, 4) is 0 Å². The number of hydrogen-bond donors (Lipinski definition) is 0. The molecule has 1 aromatic rings. The van der Waals surface area contributed by atoms with Gasteiger partial charge in [0.25, 0.3) is 0 Å². The first-order valence-corrected chi connectivity index (χ1v) is 5.18. The van der Waals surface area contributed by atoms with Gasteiger partial charge in [0.05, 0.1) is 0 Å². The molecule has 0 saturated heterocycles. The maximum absolute atomic E-state index is 6.01. The predicted molar refractivity (Wildman–Crippen MR) is 55.6 cm³/mol. The molecule has 0 bridgehead atoms. The maximum atomic E-state index is 6.01. The van der Waals surface area contributed by atoms with E-state index in [1.165, 1.54) is 5.56 Å². The average molecular weight is 249 g/mol. The van der Waals surface area contributed by atoms with Crippen molar-refractivity contribution in [3.05, 3.63) is 28.5 Å². The monoisotopic (exact) mass is 247 g/mol. The van der Waals surface area contributed by atoms with Gasteiger partial charge in [0.15, 0.2) is 0 Å². The lowest BCUT2D eigenvalue weighted by Crippen LogP contribution is -2.01. The van der Waals surface area contributed by atoms with Gasteiger partial charge in [-0.25, -0.2) is 0 Å². The number of rotatable bonds is 3. The first-order chi connectivity index (χ1) is 5.72. The largest absolute Gasteiger partial charge is 0.263 e. The minimum atomic E-state index is 0.223. The molecule has 1 aromatic heterocycles. The van der Waals surface area contributed by atoms with Crippen LogP contribution in [0.4, 0.5) is 0 Å². The highest BCUT2D eigenvalue weighted by atomic mass is 79.9. The lowest BCUT2D eigenvalue weighted by atomic mass is 10.1. The summed E-state index contributed by atoms with van der Waals surface area (Å²) < 4.78 is 1.01. The summed E-state index contributed by atoms with van der Waals surface area (Å²) in [5.41, 5.74) is 1.19. The van der Waals surface area contributed by atoms with E-state index in [0.717, 1.165) is 17.3 Å². The summed E-state index contributed by atoms with van der Waals surface area (Å²) in [4.78, 5) is 4.07. The van der Waals surface area contributed by atoms with Crippen LogP contribution in [0.1, 0.15) is 18.9 Å². The molecule has 0 aliphatic heterocycles. The molecule has 1 unspecified atom stereocenters. The van der Waals surface area contributed by atoms with Gasteiger partial charge < -0.3 is 0 Å². The van der Waals surface area contributed by atoms with E-state index in [1.807, 2.05) is 6.20 Å². The molecule has 1 rings (SSSR count). The second kappa shape index (κ2) is 4.83. The van der Waals surface area contributed by atoms with Crippen LogP contribution in [-0.4, -0.2) is 10.4 Å². The zero-order chi connectivity index (χ0) is 8.97. The third-order valence-corrected chi connectivity index (χ3v) is 2.56. The van der Waals surface area contributed by atoms with E-state index in [1.54, 1.807) is 6.20 Å². The van der Waals surface area contributed by atoms with Gasteiger partial charge in [-0.15, -0.1) is 11.6 Å². The van der Waals surface area contributed by atoms with Crippen molar-refractivity contribution < 1.29 is 0 Å². The highest BCUT2D eigenvalue weighted by molar-refractivity contribution is 9.10. The van der Waals surface area contributed by atoms with Crippen molar-refractivity contribution in [1.29, 1.82) is 0 Å². The Morgan fingerprint density at radius 1 is 1.58 bits per heavy atom. The Hall–Kier alpha value is -0.0800. The fourth-order valence-corrected chi connectivity index (χ4v) is 1.56. The van der Waals surface area contributed by atoms with Crippen LogP contribution in [0, 0.1) is 0 Å². The predicted octanol–water partition coefficient (Wildman–Crippen LogP) is 3.40. The molecule has 1 atom stereocenters. The molecule has 0 amide bonds. The second-order valence-corrected chi connectivity index (χ2v) is 4.25. The van der Waals surface area contributed by atoms with Gasteiger partial charge in [0.2, 0.25) is 0 Å². The lowest BCUT2D eigenvalue weighted by Gasteiger charge is -2.05. The highest BCUT2D eigenvalue weighted by Gasteiger charge is 2.03. The van der Waals surface area contributed by atoms with Crippen LogP contribution in [0.5, 0.6) is 0 Å². The van der Waals surface area contributed by atoms with Gasteiger partial charge in [-0.3, -0.25) is 4.98 Å². The highest BCUT2D eigenvalue weighted by Crippen LogP contribution is 2.14. The van der Waals surface area contributed by atoms with Crippen molar-refractivity contribution in [2.75, 3.05) is 0 Å². The molecule has 0 fully saturated rings. The second-order valence-electron chi connectivity index (χ2n) is 2.72. The zero-order valence-electron chi connectivity index (χ0n) is 6.93. The van der Waals surface area contributed by atoms with Gasteiger partial charge in [-0.1, -0.05) is 6.92 Å². The molecule has 1 nitrogen and oxygen atoms in total. The number of pyridine rings is 1. The van der Waals surface area contributed by atoms with E-state index >= 15 is 0 Å². The SMILES string of the molecule is CCC(Cl)Cc1cncc(Br)c1. The van der Waals surface area contributed by atoms with E-state index in [-0.39, 0.29) is 5.38 Å². The minimum absolute atomic E-state index is 0.223. The summed E-state index contributed by atoms with van der Waals surface area (Å²) in [6.07, 6.45) is 5.52. The van der Waals surface area contributed by atoms with E-state index in [2.05, 4.69) is 33.9 Å². The number of alkyl halides is 1. The Morgan fingerprint density at radius 2 is 2.33 bits per heavy atom. The number of halogens is 2. The van der Waals surface area contributed by atoms with Crippen molar-refractivity contribution >= 4 is 27.5 Å². The Labute approximate surface area is 86.3 Å². The molecule has 12 heavy (non-hydrogen) atoms. The Morgan fingerprint density at radius 3 is 2.92 bits per heavy atom. The van der Waals surface area contributed by atoms with E-state index in [4.69, 9.17) is 11.6 Å². The zero-order valence-corrected chi connectivity index (χ0v) is 9.27. The molecule has 0 aliphatic rings. The number of aromatic nitrogens is 1. The average Bonchev–Trinajstić information content (AvgIpc) is 2.04. The first kappa shape index (κ1) is 10.0. The fraction of sp³-hybridized carbons (Fsp3) is 0.444. The quantitative estimate of drug-likeness (QED) is 0.747. The van der Waals surface area contributed by atoms with Crippen molar-refractivity contribution in [3.63, 3.8) is 0 Å². The molecule has 0 aromatic carbocycles. The van der Waals surface area contributed by atoms with Gasteiger partial charge in [-0.2, -0.15) is 0 Å². The smallest absolute Gasteiger partial charge is 0.0410 e. The van der Waals surface area contributed by atoms with Crippen molar-refractivity contribution in [2.24, 2.45) is 0 Å². The summed E-state index contributed by atoms with van der Waals surface area (Å²) in [7, 11) is 0. The first-order valence-electron chi connectivity index (χ1n) is 3.96. The van der Waals surface area contributed by atoms with E-state index < -0.39 is 0 Å². The maximum Gasteiger partial charge on any atom is 0.0410 e. The fourth-order valence-electron chi connectivity index (χ4n) is 0.968. The molecule has 3 heteroatoms. The Balaban J connectivity index is 2.63. The molecule has 0 aliphatic carbocycles. The topological polar surface area (TPSA) is 12.9 Å². The molecule has 1 heterocycles. The molecule has 0 radical (unpaired) electrons. The van der Waals surface area contributed by atoms with Crippen LogP contribution in [0.2, 0.25) is 0 Å². The Bertz CT molecular complexity index is 252. The molecular formula is C9H11BrClN.